The molecule has 1 fully saturated rings. The number of aromatic nitrogens is 4. The van der Waals surface area contributed by atoms with E-state index in [0.717, 1.165) is 5.56 Å². The molecule has 214 valence electrons. The molecule has 1 saturated heterocycles. The van der Waals surface area contributed by atoms with Gasteiger partial charge in [-0.1, -0.05) is 6.07 Å². The molecule has 0 aliphatic carbocycles. The van der Waals surface area contributed by atoms with Crippen LogP contribution >= 0.6 is 0 Å². The fraction of sp³-hybridized carbons (Fsp3) is 0.233. The van der Waals surface area contributed by atoms with Crippen molar-refractivity contribution in [2.24, 2.45) is 5.41 Å². The Kier molecular flexibility index (Phi) is 9.17. The second kappa shape index (κ2) is 13.5. The number of hydrogen-bond acceptors (Lipinski definition) is 12. The maximum atomic E-state index is 12.8. The second-order valence-electron chi connectivity index (χ2n) is 9.48. The first-order chi connectivity index (χ1) is 20.5. The molecule has 0 bridgehead atoms. The van der Waals surface area contributed by atoms with Crippen molar-refractivity contribution < 1.29 is 38.1 Å². The van der Waals surface area contributed by atoms with E-state index in [1.165, 1.54) is 37.2 Å². The number of rotatable bonds is 13. The molecule has 0 saturated carbocycles. The number of carbonyl (C=O) groups is 3. The lowest BCUT2D eigenvalue weighted by Crippen LogP contribution is -2.43. The standard InChI is InChI=1S/C30H26N4O8/c35-26(22-6-2-10-32-14-22)38-17-30(18-39-27(36)23-7-3-11-33-15-23,19-40-28(37)24-8-4-12-34-16-24)20-41-29-25(42-29)21-5-1-9-31-13-21/h1-16,25,29H,17-20H2. The first kappa shape index (κ1) is 28.5. The lowest BCUT2D eigenvalue weighted by Gasteiger charge is -2.31. The fourth-order valence-corrected chi connectivity index (χ4v) is 3.87. The summed E-state index contributed by atoms with van der Waals surface area (Å²) in [6.45, 7) is -1.14. The number of ether oxygens (including phenoxy) is 5. The van der Waals surface area contributed by atoms with E-state index in [1.54, 1.807) is 54.9 Å². The highest BCUT2D eigenvalue weighted by Crippen LogP contribution is 2.40. The van der Waals surface area contributed by atoms with Gasteiger partial charge < -0.3 is 23.7 Å². The highest BCUT2D eigenvalue weighted by atomic mass is 16.8. The van der Waals surface area contributed by atoms with E-state index in [4.69, 9.17) is 23.7 Å². The van der Waals surface area contributed by atoms with E-state index >= 15 is 0 Å². The van der Waals surface area contributed by atoms with E-state index in [-0.39, 0.29) is 49.2 Å². The van der Waals surface area contributed by atoms with Crippen molar-refractivity contribution in [1.29, 1.82) is 0 Å². The third kappa shape index (κ3) is 7.56. The average Bonchev–Trinajstić information content (AvgIpc) is 3.85. The van der Waals surface area contributed by atoms with E-state index in [1.807, 2.05) is 6.07 Å². The second-order valence-corrected chi connectivity index (χ2v) is 9.48. The van der Waals surface area contributed by atoms with Gasteiger partial charge in [-0.15, -0.1) is 0 Å². The van der Waals surface area contributed by atoms with Gasteiger partial charge in [0.1, 0.15) is 25.9 Å². The quantitative estimate of drug-likeness (QED) is 0.132. The van der Waals surface area contributed by atoms with Crippen LogP contribution < -0.4 is 0 Å². The maximum Gasteiger partial charge on any atom is 0.339 e. The van der Waals surface area contributed by atoms with Crippen LogP contribution in [0.5, 0.6) is 0 Å². The maximum absolute atomic E-state index is 12.8. The Morgan fingerprint density at radius 2 is 1.05 bits per heavy atom. The van der Waals surface area contributed by atoms with Gasteiger partial charge in [-0.25, -0.2) is 14.4 Å². The Balaban J connectivity index is 1.35. The first-order valence-electron chi connectivity index (χ1n) is 12.9. The smallest absolute Gasteiger partial charge is 0.339 e. The summed E-state index contributed by atoms with van der Waals surface area (Å²) in [6, 6.07) is 13.1. The summed E-state index contributed by atoms with van der Waals surface area (Å²) >= 11 is 0. The fourth-order valence-electron chi connectivity index (χ4n) is 3.87. The molecule has 5 rings (SSSR count). The van der Waals surface area contributed by atoms with E-state index in [0.29, 0.717) is 0 Å². The van der Waals surface area contributed by atoms with Crippen molar-refractivity contribution in [3.8, 4) is 0 Å². The summed E-state index contributed by atoms with van der Waals surface area (Å²) in [5.74, 6) is -2.00. The number of pyridine rings is 4. The van der Waals surface area contributed by atoms with Crippen LogP contribution in [-0.4, -0.2) is 70.6 Å². The number of esters is 3. The zero-order valence-corrected chi connectivity index (χ0v) is 22.3. The van der Waals surface area contributed by atoms with Crippen LogP contribution in [0.25, 0.3) is 0 Å². The van der Waals surface area contributed by atoms with Crippen LogP contribution in [0.4, 0.5) is 0 Å². The van der Waals surface area contributed by atoms with Gasteiger partial charge >= 0.3 is 17.9 Å². The van der Waals surface area contributed by atoms with Crippen molar-refractivity contribution in [2.45, 2.75) is 12.4 Å². The monoisotopic (exact) mass is 570 g/mol. The number of nitrogens with zero attached hydrogens (tertiary/aromatic N) is 4. The van der Waals surface area contributed by atoms with Gasteiger partial charge in [0.25, 0.3) is 0 Å². The Bertz CT molecular complexity index is 1340. The molecule has 4 aromatic rings. The van der Waals surface area contributed by atoms with Gasteiger partial charge in [-0.2, -0.15) is 0 Å². The predicted molar refractivity (Wildman–Crippen MR) is 144 cm³/mol. The zero-order valence-electron chi connectivity index (χ0n) is 22.3. The molecule has 0 radical (unpaired) electrons. The topological polar surface area (TPSA) is 152 Å². The van der Waals surface area contributed by atoms with Gasteiger partial charge in [0, 0.05) is 55.1 Å². The normalized spacial score (nSPS) is 15.8. The summed E-state index contributed by atoms with van der Waals surface area (Å²) in [5, 5.41) is 0. The van der Waals surface area contributed by atoms with Gasteiger partial charge in [0.2, 0.25) is 0 Å². The summed E-state index contributed by atoms with van der Waals surface area (Å²) in [4.78, 5) is 54.4. The Morgan fingerprint density at radius 1 is 0.619 bits per heavy atom. The van der Waals surface area contributed by atoms with Crippen molar-refractivity contribution in [3.05, 3.63) is 120 Å². The number of hydrogen-bond donors (Lipinski definition) is 0. The molecular formula is C30H26N4O8. The molecule has 5 heterocycles. The van der Waals surface area contributed by atoms with Crippen LogP contribution in [-0.2, 0) is 23.7 Å². The highest BCUT2D eigenvalue weighted by molar-refractivity contribution is 5.90. The predicted octanol–water partition coefficient (Wildman–Crippen LogP) is 3.24. The number of carbonyl (C=O) groups excluding carboxylic acids is 3. The minimum Gasteiger partial charge on any atom is -0.461 e. The minimum absolute atomic E-state index is 0.157. The van der Waals surface area contributed by atoms with Crippen LogP contribution in [0.2, 0.25) is 0 Å². The molecule has 1 aliphatic rings. The molecule has 0 N–H and O–H groups in total. The molecule has 0 aromatic carbocycles. The van der Waals surface area contributed by atoms with Crippen molar-refractivity contribution >= 4 is 17.9 Å². The third-order valence-electron chi connectivity index (χ3n) is 6.24. The van der Waals surface area contributed by atoms with E-state index < -0.39 is 29.6 Å². The van der Waals surface area contributed by atoms with Crippen molar-refractivity contribution in [3.63, 3.8) is 0 Å². The lowest BCUT2D eigenvalue weighted by atomic mass is 9.92. The summed E-state index contributed by atoms with van der Waals surface area (Å²) < 4.78 is 28.6. The summed E-state index contributed by atoms with van der Waals surface area (Å²) in [5.41, 5.74) is 0.152. The average molecular weight is 571 g/mol. The molecule has 0 spiro atoms. The molecule has 2 atom stereocenters. The minimum atomic E-state index is -1.32. The van der Waals surface area contributed by atoms with Gasteiger partial charge in [-0.3, -0.25) is 19.9 Å². The molecule has 1 aliphatic heterocycles. The number of epoxide rings is 1. The molecule has 2 unspecified atom stereocenters. The molecule has 12 nitrogen and oxygen atoms in total. The van der Waals surface area contributed by atoms with Crippen molar-refractivity contribution in [2.75, 3.05) is 26.4 Å². The molecule has 42 heavy (non-hydrogen) atoms. The largest absolute Gasteiger partial charge is 0.461 e. The van der Waals surface area contributed by atoms with Crippen LogP contribution in [0, 0.1) is 5.41 Å². The summed E-state index contributed by atoms with van der Waals surface area (Å²) in [7, 11) is 0. The zero-order chi connectivity index (χ0) is 29.2. The van der Waals surface area contributed by atoms with Gasteiger partial charge in [0.05, 0.1) is 28.7 Å². The highest BCUT2D eigenvalue weighted by Gasteiger charge is 2.45. The Morgan fingerprint density at radius 3 is 1.43 bits per heavy atom. The third-order valence-corrected chi connectivity index (χ3v) is 6.24. The Labute approximate surface area is 240 Å². The van der Waals surface area contributed by atoms with E-state index in [9.17, 15) is 14.4 Å². The SMILES string of the molecule is O=C(OCC(COC(=O)c1cccnc1)(COC(=O)c1cccnc1)COC1OC1c1cccnc1)c1cccnc1. The Hall–Kier alpha value is -5.07. The lowest BCUT2D eigenvalue weighted by molar-refractivity contribution is -0.0898. The van der Waals surface area contributed by atoms with Crippen molar-refractivity contribution in [1.82, 2.24) is 19.9 Å². The van der Waals surface area contributed by atoms with Crippen LogP contribution in [0.15, 0.2) is 98.1 Å². The molecular weight excluding hydrogens is 544 g/mol. The molecule has 4 aromatic heterocycles. The molecule has 12 heteroatoms. The van der Waals surface area contributed by atoms with Gasteiger partial charge in [-0.05, 0) is 42.5 Å². The first-order valence-corrected chi connectivity index (χ1v) is 12.9. The van der Waals surface area contributed by atoms with Gasteiger partial charge in [0.15, 0.2) is 6.29 Å². The van der Waals surface area contributed by atoms with Crippen LogP contribution in [0.1, 0.15) is 42.7 Å². The summed E-state index contributed by atoms with van der Waals surface area (Å²) in [6.07, 6.45) is 11.0. The van der Waals surface area contributed by atoms with Crippen LogP contribution in [0.3, 0.4) is 0 Å². The van der Waals surface area contributed by atoms with E-state index in [2.05, 4.69) is 19.9 Å². The molecule has 0 amide bonds.